The second-order valence-electron chi connectivity index (χ2n) is 6.22. The van der Waals surface area contributed by atoms with Crippen molar-refractivity contribution in [2.24, 2.45) is 0 Å². The van der Waals surface area contributed by atoms with E-state index in [4.69, 9.17) is 5.11 Å². The summed E-state index contributed by atoms with van der Waals surface area (Å²) in [5, 5.41) is 12.5. The van der Waals surface area contributed by atoms with Crippen LogP contribution < -0.4 is 5.32 Å². The molecule has 0 fully saturated rings. The molecule has 0 heterocycles. The minimum atomic E-state index is -0.891. The van der Waals surface area contributed by atoms with Crippen LogP contribution in [0.4, 0.5) is 4.79 Å². The topological polar surface area (TPSA) is 52.6 Å². The van der Waals surface area contributed by atoms with Gasteiger partial charge >= 0.3 is 6.09 Å². The molecule has 0 spiro atoms. The molecule has 128 valence electrons. The van der Waals surface area contributed by atoms with Gasteiger partial charge in [0.05, 0.1) is 0 Å². The third-order valence-corrected chi connectivity index (χ3v) is 4.31. The fourth-order valence-electron chi connectivity index (χ4n) is 2.72. The van der Waals surface area contributed by atoms with E-state index in [2.05, 4.69) is 55.6 Å². The molecule has 0 saturated carbocycles. The predicted molar refractivity (Wildman–Crippen MR) is 97.2 cm³/mol. The molecule has 24 heavy (non-hydrogen) atoms. The van der Waals surface area contributed by atoms with Gasteiger partial charge in [0, 0.05) is 25.7 Å². The first-order valence-electron chi connectivity index (χ1n) is 8.31. The highest BCUT2D eigenvalue weighted by Crippen LogP contribution is 2.20. The highest BCUT2D eigenvalue weighted by molar-refractivity contribution is 5.64. The Labute approximate surface area is 144 Å². The third kappa shape index (κ3) is 5.10. The van der Waals surface area contributed by atoms with Gasteiger partial charge in [-0.25, -0.2) is 4.79 Å². The molecule has 2 atom stereocenters. The summed E-state index contributed by atoms with van der Waals surface area (Å²) in [6, 6.07) is 19.2. The Balaban J connectivity index is 1.98. The van der Waals surface area contributed by atoms with Gasteiger partial charge < -0.3 is 15.3 Å². The first kappa shape index (κ1) is 18.0. The first-order valence-corrected chi connectivity index (χ1v) is 8.31. The molecule has 2 aromatic rings. The van der Waals surface area contributed by atoms with Crippen LogP contribution in [0.3, 0.4) is 0 Å². The van der Waals surface area contributed by atoms with Crippen LogP contribution in [0.5, 0.6) is 0 Å². The highest BCUT2D eigenvalue weighted by atomic mass is 16.4. The summed E-state index contributed by atoms with van der Waals surface area (Å²) in [6.07, 6.45) is -0.171. The van der Waals surface area contributed by atoms with E-state index >= 15 is 0 Å². The number of carbonyl (C=O) groups is 1. The van der Waals surface area contributed by atoms with Crippen LogP contribution in [0.25, 0.3) is 0 Å². The largest absolute Gasteiger partial charge is 0.465 e. The SMILES string of the molecule is C[C@H](N[C@@H](C)c1cccc(CCN(C)C(=O)O)c1)c1ccccc1. The normalized spacial score (nSPS) is 13.3. The molecule has 0 aliphatic carbocycles. The summed E-state index contributed by atoms with van der Waals surface area (Å²) in [5.74, 6) is 0. The molecule has 0 radical (unpaired) electrons. The van der Waals surface area contributed by atoms with E-state index in [-0.39, 0.29) is 12.1 Å². The van der Waals surface area contributed by atoms with Crippen LogP contribution >= 0.6 is 0 Å². The van der Waals surface area contributed by atoms with Gasteiger partial charge in [-0.2, -0.15) is 0 Å². The maximum atomic E-state index is 10.9. The molecule has 2 aromatic carbocycles. The molecule has 4 heteroatoms. The summed E-state index contributed by atoms with van der Waals surface area (Å²) in [7, 11) is 1.60. The Hall–Kier alpha value is -2.33. The number of rotatable bonds is 7. The van der Waals surface area contributed by atoms with Crippen molar-refractivity contribution in [3.05, 3.63) is 71.3 Å². The van der Waals surface area contributed by atoms with Crippen LogP contribution in [-0.2, 0) is 6.42 Å². The second kappa shape index (κ2) is 8.50. The van der Waals surface area contributed by atoms with Crippen molar-refractivity contribution < 1.29 is 9.90 Å². The van der Waals surface area contributed by atoms with Gasteiger partial charge in [0.2, 0.25) is 0 Å². The summed E-state index contributed by atoms with van der Waals surface area (Å²) in [5.41, 5.74) is 3.64. The minimum Gasteiger partial charge on any atom is -0.465 e. The summed E-state index contributed by atoms with van der Waals surface area (Å²) in [4.78, 5) is 12.2. The first-order chi connectivity index (χ1) is 11.5. The summed E-state index contributed by atoms with van der Waals surface area (Å²) < 4.78 is 0. The average Bonchev–Trinajstić information content (AvgIpc) is 2.60. The maximum Gasteiger partial charge on any atom is 0.407 e. The van der Waals surface area contributed by atoms with Crippen molar-refractivity contribution in [2.45, 2.75) is 32.4 Å². The molecule has 2 rings (SSSR count). The number of amides is 1. The van der Waals surface area contributed by atoms with Gasteiger partial charge in [0.1, 0.15) is 0 Å². The van der Waals surface area contributed by atoms with Crippen LogP contribution in [0.1, 0.15) is 42.6 Å². The highest BCUT2D eigenvalue weighted by Gasteiger charge is 2.12. The van der Waals surface area contributed by atoms with Gasteiger partial charge in [-0.3, -0.25) is 0 Å². The van der Waals surface area contributed by atoms with E-state index in [1.54, 1.807) is 7.05 Å². The molecule has 0 aliphatic rings. The lowest BCUT2D eigenvalue weighted by molar-refractivity contribution is 0.156. The number of likely N-dealkylation sites (N-methyl/N-ethyl adjacent to an activating group) is 1. The molecule has 0 bridgehead atoms. The zero-order chi connectivity index (χ0) is 17.5. The zero-order valence-corrected chi connectivity index (χ0v) is 14.6. The molecule has 0 aliphatic heterocycles. The smallest absolute Gasteiger partial charge is 0.407 e. The number of benzene rings is 2. The lowest BCUT2D eigenvalue weighted by Crippen LogP contribution is -2.27. The monoisotopic (exact) mass is 326 g/mol. The molecule has 0 saturated heterocycles. The minimum absolute atomic E-state index is 0.220. The molecule has 1 amide bonds. The molecule has 0 unspecified atom stereocenters. The fraction of sp³-hybridized carbons (Fsp3) is 0.350. The zero-order valence-electron chi connectivity index (χ0n) is 14.6. The number of hydrogen-bond donors (Lipinski definition) is 2. The van der Waals surface area contributed by atoms with Gasteiger partial charge in [0.15, 0.2) is 0 Å². The molecular formula is C20H26N2O2. The summed E-state index contributed by atoms with van der Waals surface area (Å²) >= 11 is 0. The Morgan fingerprint density at radius 2 is 1.67 bits per heavy atom. The van der Waals surface area contributed by atoms with Crippen molar-refractivity contribution in [3.63, 3.8) is 0 Å². The van der Waals surface area contributed by atoms with Crippen LogP contribution in [0, 0.1) is 0 Å². The lowest BCUT2D eigenvalue weighted by atomic mass is 10.0. The van der Waals surface area contributed by atoms with Gasteiger partial charge in [-0.15, -0.1) is 0 Å². The number of hydrogen-bond acceptors (Lipinski definition) is 2. The van der Waals surface area contributed by atoms with E-state index < -0.39 is 6.09 Å². The van der Waals surface area contributed by atoms with Crippen LogP contribution in [-0.4, -0.2) is 29.7 Å². The van der Waals surface area contributed by atoms with Crippen molar-refractivity contribution in [1.29, 1.82) is 0 Å². The van der Waals surface area contributed by atoms with Crippen molar-refractivity contribution >= 4 is 6.09 Å². The average molecular weight is 326 g/mol. The van der Waals surface area contributed by atoms with Crippen LogP contribution in [0.15, 0.2) is 54.6 Å². The van der Waals surface area contributed by atoms with Crippen molar-refractivity contribution in [2.75, 3.05) is 13.6 Å². The third-order valence-electron chi connectivity index (χ3n) is 4.31. The van der Waals surface area contributed by atoms with Crippen molar-refractivity contribution in [1.82, 2.24) is 10.2 Å². The molecule has 4 nitrogen and oxygen atoms in total. The Morgan fingerprint density at radius 3 is 2.33 bits per heavy atom. The standard InChI is InChI=1S/C20H26N2O2/c1-15(18-9-5-4-6-10-18)21-16(2)19-11-7-8-17(14-19)12-13-22(3)20(23)24/h4-11,14-16,21H,12-13H2,1-3H3,(H,23,24)/t15-,16-/m0/s1. The summed E-state index contributed by atoms with van der Waals surface area (Å²) in [6.45, 7) is 4.82. The van der Waals surface area contributed by atoms with Gasteiger partial charge in [0.25, 0.3) is 0 Å². The quantitative estimate of drug-likeness (QED) is 0.800. The van der Waals surface area contributed by atoms with Crippen LogP contribution in [0.2, 0.25) is 0 Å². The van der Waals surface area contributed by atoms with Crippen molar-refractivity contribution in [3.8, 4) is 0 Å². The maximum absolute atomic E-state index is 10.9. The van der Waals surface area contributed by atoms with E-state index in [1.165, 1.54) is 16.0 Å². The van der Waals surface area contributed by atoms with Gasteiger partial charge in [-0.1, -0.05) is 54.6 Å². The predicted octanol–water partition coefficient (Wildman–Crippen LogP) is 4.25. The lowest BCUT2D eigenvalue weighted by Gasteiger charge is -2.21. The molecular weight excluding hydrogens is 300 g/mol. The second-order valence-corrected chi connectivity index (χ2v) is 6.22. The Morgan fingerprint density at radius 1 is 1.04 bits per heavy atom. The number of nitrogens with one attached hydrogen (secondary N) is 1. The molecule has 0 aromatic heterocycles. The van der Waals surface area contributed by atoms with E-state index in [0.29, 0.717) is 6.54 Å². The van der Waals surface area contributed by atoms with Gasteiger partial charge in [-0.05, 0) is 37.0 Å². The Kier molecular flexibility index (Phi) is 6.38. The number of nitrogens with zero attached hydrogens (tertiary/aromatic N) is 1. The van der Waals surface area contributed by atoms with E-state index in [1.807, 2.05) is 18.2 Å². The van der Waals surface area contributed by atoms with E-state index in [9.17, 15) is 4.79 Å². The molecule has 2 N–H and O–H groups in total. The Bertz CT molecular complexity index is 658. The fourth-order valence-corrected chi connectivity index (χ4v) is 2.72. The van der Waals surface area contributed by atoms with E-state index in [0.717, 1.165) is 12.0 Å². The number of carboxylic acid groups (broad SMARTS) is 1.